The van der Waals surface area contributed by atoms with E-state index in [9.17, 15) is 4.79 Å². The topological polar surface area (TPSA) is 49.3 Å². The molecule has 0 heterocycles. The molecule has 0 unspecified atom stereocenters. The fourth-order valence-corrected chi connectivity index (χ4v) is 1.74. The van der Waals surface area contributed by atoms with Crippen LogP contribution in [0.3, 0.4) is 0 Å². The van der Waals surface area contributed by atoms with Crippen LogP contribution in [-0.2, 0) is 0 Å². The Morgan fingerprint density at radius 1 is 1.15 bits per heavy atom. The highest BCUT2D eigenvalue weighted by Gasteiger charge is 2.07. The number of aliphatic hydroxyl groups excluding tert-OH is 1. The normalized spacial score (nSPS) is 9.50. The third kappa shape index (κ3) is 3.47. The van der Waals surface area contributed by atoms with Gasteiger partial charge in [0.2, 0.25) is 0 Å². The van der Waals surface area contributed by atoms with Crippen molar-refractivity contribution in [2.45, 2.75) is 6.92 Å². The first-order chi connectivity index (χ1) is 9.70. The van der Waals surface area contributed by atoms with Gasteiger partial charge in [-0.25, -0.2) is 0 Å². The molecular formula is C17H15NO2. The van der Waals surface area contributed by atoms with Crippen LogP contribution in [0.2, 0.25) is 0 Å². The van der Waals surface area contributed by atoms with Crippen molar-refractivity contribution < 1.29 is 9.90 Å². The quantitative estimate of drug-likeness (QED) is 0.820. The Kier molecular flexibility index (Phi) is 4.54. The molecule has 0 aliphatic heterocycles. The molecule has 2 rings (SSSR count). The predicted molar refractivity (Wildman–Crippen MR) is 79.5 cm³/mol. The minimum Gasteiger partial charge on any atom is -0.384 e. The molecule has 20 heavy (non-hydrogen) atoms. The van der Waals surface area contributed by atoms with Crippen LogP contribution in [-0.4, -0.2) is 17.6 Å². The number of benzene rings is 2. The standard InChI is InChI=1S/C17H15NO2/c1-13-8-10-15(11-9-13)17(20)18-16-7-3-2-5-14(16)6-4-12-19/h2-3,5,7-11,19H,12H2,1H3,(H,18,20). The molecule has 3 heteroatoms. The molecule has 3 nitrogen and oxygen atoms in total. The first kappa shape index (κ1) is 13.9. The van der Waals surface area contributed by atoms with E-state index in [0.717, 1.165) is 5.56 Å². The number of aryl methyl sites for hydroxylation is 1. The molecule has 0 atom stereocenters. The van der Waals surface area contributed by atoms with Gasteiger partial charge in [0.1, 0.15) is 6.61 Å². The Morgan fingerprint density at radius 2 is 1.85 bits per heavy atom. The Labute approximate surface area is 118 Å². The summed E-state index contributed by atoms with van der Waals surface area (Å²) in [5.74, 6) is 5.22. The van der Waals surface area contributed by atoms with Crippen LogP contribution in [0.4, 0.5) is 5.69 Å². The molecule has 0 spiro atoms. The van der Waals surface area contributed by atoms with Crippen LogP contribution in [0, 0.1) is 18.8 Å². The molecule has 0 bridgehead atoms. The number of nitrogens with one attached hydrogen (secondary N) is 1. The lowest BCUT2D eigenvalue weighted by Gasteiger charge is -2.07. The largest absolute Gasteiger partial charge is 0.384 e. The number of hydrogen-bond donors (Lipinski definition) is 2. The van der Waals surface area contributed by atoms with Crippen molar-refractivity contribution in [2.24, 2.45) is 0 Å². The SMILES string of the molecule is Cc1ccc(C(=O)Nc2ccccc2C#CCO)cc1. The second-order valence-corrected chi connectivity index (χ2v) is 4.33. The average Bonchev–Trinajstić information content (AvgIpc) is 2.47. The molecule has 2 aromatic rings. The van der Waals surface area contributed by atoms with Crippen LogP contribution < -0.4 is 5.32 Å². The van der Waals surface area contributed by atoms with Gasteiger partial charge >= 0.3 is 0 Å². The third-order valence-corrected chi connectivity index (χ3v) is 2.79. The van der Waals surface area contributed by atoms with Gasteiger partial charge in [-0.15, -0.1) is 0 Å². The molecule has 0 saturated heterocycles. The Hall–Kier alpha value is -2.57. The van der Waals surface area contributed by atoms with Crippen LogP contribution >= 0.6 is 0 Å². The fraction of sp³-hybridized carbons (Fsp3) is 0.118. The summed E-state index contributed by atoms with van der Waals surface area (Å²) in [5.41, 5.74) is 3.03. The smallest absolute Gasteiger partial charge is 0.255 e. The van der Waals surface area contributed by atoms with Crippen molar-refractivity contribution in [2.75, 3.05) is 11.9 Å². The first-order valence-electron chi connectivity index (χ1n) is 6.27. The Morgan fingerprint density at radius 3 is 2.55 bits per heavy atom. The number of aliphatic hydroxyl groups is 1. The number of carbonyl (C=O) groups excluding carboxylic acids is 1. The van der Waals surface area contributed by atoms with E-state index in [-0.39, 0.29) is 12.5 Å². The highest BCUT2D eigenvalue weighted by molar-refractivity contribution is 6.04. The monoisotopic (exact) mass is 265 g/mol. The van der Waals surface area contributed by atoms with Gasteiger partial charge in [0.05, 0.1) is 5.69 Å². The Bertz CT molecular complexity index is 663. The molecule has 0 radical (unpaired) electrons. The van der Waals surface area contributed by atoms with Crippen molar-refractivity contribution in [3.8, 4) is 11.8 Å². The molecule has 2 aromatic carbocycles. The van der Waals surface area contributed by atoms with E-state index in [4.69, 9.17) is 5.11 Å². The highest BCUT2D eigenvalue weighted by atomic mass is 16.2. The van der Waals surface area contributed by atoms with Gasteiger partial charge in [0.25, 0.3) is 5.91 Å². The summed E-state index contributed by atoms with van der Waals surface area (Å²) < 4.78 is 0. The van der Waals surface area contributed by atoms with Crippen LogP contribution in [0.15, 0.2) is 48.5 Å². The zero-order valence-electron chi connectivity index (χ0n) is 11.2. The summed E-state index contributed by atoms with van der Waals surface area (Å²) in [5, 5.41) is 11.6. The molecule has 0 aromatic heterocycles. The lowest BCUT2D eigenvalue weighted by Crippen LogP contribution is -2.12. The van der Waals surface area contributed by atoms with Gasteiger partial charge in [0, 0.05) is 11.1 Å². The van der Waals surface area contributed by atoms with Gasteiger partial charge < -0.3 is 10.4 Å². The van der Waals surface area contributed by atoms with Gasteiger partial charge in [-0.2, -0.15) is 0 Å². The summed E-state index contributed by atoms with van der Waals surface area (Å²) in [4.78, 5) is 12.1. The van der Waals surface area contributed by atoms with Gasteiger partial charge in [-0.1, -0.05) is 41.7 Å². The number of hydrogen-bond acceptors (Lipinski definition) is 2. The molecular weight excluding hydrogens is 250 g/mol. The maximum Gasteiger partial charge on any atom is 0.255 e. The first-order valence-corrected chi connectivity index (χ1v) is 6.27. The van der Waals surface area contributed by atoms with E-state index in [1.54, 1.807) is 24.3 Å². The van der Waals surface area contributed by atoms with Crippen molar-refractivity contribution >= 4 is 11.6 Å². The summed E-state index contributed by atoms with van der Waals surface area (Å²) in [6, 6.07) is 14.6. The maximum atomic E-state index is 12.1. The van der Waals surface area contributed by atoms with Crippen molar-refractivity contribution in [1.82, 2.24) is 0 Å². The second kappa shape index (κ2) is 6.55. The zero-order valence-corrected chi connectivity index (χ0v) is 11.2. The molecule has 0 fully saturated rings. The van der Waals surface area contributed by atoms with E-state index in [2.05, 4.69) is 17.2 Å². The molecule has 2 N–H and O–H groups in total. The maximum absolute atomic E-state index is 12.1. The minimum atomic E-state index is -0.208. The number of carbonyl (C=O) groups is 1. The lowest BCUT2D eigenvalue weighted by atomic mass is 10.1. The summed E-state index contributed by atoms with van der Waals surface area (Å²) >= 11 is 0. The summed E-state index contributed by atoms with van der Waals surface area (Å²) in [7, 11) is 0. The van der Waals surface area contributed by atoms with Crippen molar-refractivity contribution in [3.63, 3.8) is 0 Å². The van der Waals surface area contributed by atoms with Gasteiger partial charge in [-0.3, -0.25) is 4.79 Å². The van der Waals surface area contributed by atoms with Crippen LogP contribution in [0.1, 0.15) is 21.5 Å². The van der Waals surface area contributed by atoms with Crippen molar-refractivity contribution in [1.29, 1.82) is 0 Å². The van der Waals surface area contributed by atoms with E-state index in [1.165, 1.54) is 0 Å². The number of anilines is 1. The van der Waals surface area contributed by atoms with E-state index in [0.29, 0.717) is 16.8 Å². The summed E-state index contributed by atoms with van der Waals surface area (Å²) in [6.07, 6.45) is 0. The molecule has 0 saturated carbocycles. The second-order valence-electron chi connectivity index (χ2n) is 4.33. The average molecular weight is 265 g/mol. The molecule has 1 amide bonds. The molecule has 0 aliphatic carbocycles. The van der Waals surface area contributed by atoms with Crippen molar-refractivity contribution in [3.05, 3.63) is 65.2 Å². The summed E-state index contributed by atoms with van der Waals surface area (Å²) in [6.45, 7) is 1.77. The van der Waals surface area contributed by atoms with E-state index in [1.807, 2.05) is 31.2 Å². The van der Waals surface area contributed by atoms with E-state index >= 15 is 0 Å². The van der Waals surface area contributed by atoms with Crippen LogP contribution in [0.25, 0.3) is 0 Å². The number of para-hydroxylation sites is 1. The lowest BCUT2D eigenvalue weighted by molar-refractivity contribution is 0.102. The number of amides is 1. The van der Waals surface area contributed by atoms with E-state index < -0.39 is 0 Å². The van der Waals surface area contributed by atoms with Gasteiger partial charge in [-0.05, 0) is 31.2 Å². The van der Waals surface area contributed by atoms with Crippen LogP contribution in [0.5, 0.6) is 0 Å². The fourth-order valence-electron chi connectivity index (χ4n) is 1.74. The Balaban J connectivity index is 2.21. The molecule has 100 valence electrons. The number of rotatable bonds is 2. The predicted octanol–water partition coefficient (Wildman–Crippen LogP) is 2.59. The van der Waals surface area contributed by atoms with Gasteiger partial charge in [0.15, 0.2) is 0 Å². The highest BCUT2D eigenvalue weighted by Crippen LogP contribution is 2.15. The third-order valence-electron chi connectivity index (χ3n) is 2.79. The zero-order chi connectivity index (χ0) is 14.4. The molecule has 0 aliphatic rings. The minimum absolute atomic E-state index is 0.178.